The summed E-state index contributed by atoms with van der Waals surface area (Å²) >= 11 is 0. The summed E-state index contributed by atoms with van der Waals surface area (Å²) in [5.41, 5.74) is -0.539. The van der Waals surface area contributed by atoms with Gasteiger partial charge in [-0.05, 0) is 20.4 Å². The zero-order valence-corrected chi connectivity index (χ0v) is 12.7. The molecule has 1 fully saturated rings. The second-order valence-corrected chi connectivity index (χ2v) is 5.61. The minimum absolute atomic E-state index is 0.0121. The molecular weight excluding hydrogens is 244 g/mol. The zero-order chi connectivity index (χ0) is 14.6. The fraction of sp³-hybridized carbons (Fsp3) is 0.846. The van der Waals surface area contributed by atoms with Gasteiger partial charge >= 0.3 is 6.03 Å². The highest BCUT2D eigenvalue weighted by Crippen LogP contribution is 2.11. The zero-order valence-electron chi connectivity index (χ0n) is 12.7. The summed E-state index contributed by atoms with van der Waals surface area (Å²) in [6.07, 6.45) is 0. The van der Waals surface area contributed by atoms with Gasteiger partial charge in [0.15, 0.2) is 0 Å². The van der Waals surface area contributed by atoms with Crippen LogP contribution < -0.4 is 5.32 Å². The Hall–Kier alpha value is -1.30. The third-order valence-electron chi connectivity index (χ3n) is 3.37. The number of nitrogens with one attached hydrogen (secondary N) is 1. The molecule has 0 saturated carbocycles. The molecule has 0 spiro atoms. The third-order valence-corrected chi connectivity index (χ3v) is 3.37. The SMILES string of the molecule is CCNC(C)(C)C(=O)N1CCN(C(=O)N(C)C)CC1. The molecule has 1 N–H and O–H groups in total. The van der Waals surface area contributed by atoms with Crippen LogP contribution in [0.3, 0.4) is 0 Å². The van der Waals surface area contributed by atoms with E-state index < -0.39 is 5.54 Å². The Kier molecular flexibility index (Phi) is 5.17. The van der Waals surface area contributed by atoms with Crippen LogP contribution in [0.1, 0.15) is 20.8 Å². The van der Waals surface area contributed by atoms with Gasteiger partial charge in [-0.15, -0.1) is 0 Å². The molecule has 0 unspecified atom stereocenters. The van der Waals surface area contributed by atoms with Crippen LogP contribution in [0.15, 0.2) is 0 Å². The fourth-order valence-corrected chi connectivity index (χ4v) is 2.30. The summed E-state index contributed by atoms with van der Waals surface area (Å²) in [4.78, 5) is 29.4. The number of urea groups is 1. The number of carbonyl (C=O) groups excluding carboxylic acids is 2. The van der Waals surface area contributed by atoms with E-state index in [1.807, 2.05) is 25.7 Å². The Bertz CT molecular complexity index is 334. The van der Waals surface area contributed by atoms with Crippen LogP contribution in [0, 0.1) is 0 Å². The maximum Gasteiger partial charge on any atom is 0.319 e. The van der Waals surface area contributed by atoms with Gasteiger partial charge < -0.3 is 20.0 Å². The molecule has 0 aromatic carbocycles. The van der Waals surface area contributed by atoms with Crippen LogP contribution in [0.4, 0.5) is 4.79 Å². The quantitative estimate of drug-likeness (QED) is 0.797. The number of carbonyl (C=O) groups is 2. The molecule has 19 heavy (non-hydrogen) atoms. The van der Waals surface area contributed by atoms with E-state index in [0.717, 1.165) is 6.54 Å². The molecule has 0 bridgehead atoms. The predicted octanol–water partition coefficient (Wildman–Crippen LogP) is 0.200. The summed E-state index contributed by atoms with van der Waals surface area (Å²) < 4.78 is 0. The number of rotatable bonds is 3. The highest BCUT2D eigenvalue weighted by atomic mass is 16.2. The average molecular weight is 270 g/mol. The fourth-order valence-electron chi connectivity index (χ4n) is 2.30. The van der Waals surface area contributed by atoms with Crippen LogP contribution in [0.5, 0.6) is 0 Å². The number of hydrogen-bond acceptors (Lipinski definition) is 3. The van der Waals surface area contributed by atoms with Crippen molar-refractivity contribution in [3.8, 4) is 0 Å². The Morgan fingerprint density at radius 1 is 1.11 bits per heavy atom. The number of amides is 3. The standard InChI is InChI=1S/C13H26N4O2/c1-6-14-13(2,3)11(18)16-7-9-17(10-8-16)12(19)15(4)5/h14H,6-10H2,1-5H3. The van der Waals surface area contributed by atoms with Gasteiger partial charge in [0.2, 0.25) is 5.91 Å². The van der Waals surface area contributed by atoms with E-state index in [1.54, 1.807) is 23.9 Å². The van der Waals surface area contributed by atoms with E-state index in [9.17, 15) is 9.59 Å². The molecule has 1 aliphatic heterocycles. The Balaban J connectivity index is 2.54. The number of piperazine rings is 1. The van der Waals surface area contributed by atoms with Crippen molar-refractivity contribution >= 4 is 11.9 Å². The number of likely N-dealkylation sites (N-methyl/N-ethyl adjacent to an activating group) is 1. The van der Waals surface area contributed by atoms with Gasteiger partial charge in [-0.2, -0.15) is 0 Å². The molecule has 110 valence electrons. The van der Waals surface area contributed by atoms with E-state index in [2.05, 4.69) is 5.32 Å². The van der Waals surface area contributed by atoms with Gasteiger partial charge in [0, 0.05) is 40.3 Å². The molecule has 0 atom stereocenters. The lowest BCUT2D eigenvalue weighted by Gasteiger charge is -2.39. The minimum atomic E-state index is -0.539. The van der Waals surface area contributed by atoms with Crippen molar-refractivity contribution < 1.29 is 9.59 Å². The second kappa shape index (κ2) is 6.23. The predicted molar refractivity (Wildman–Crippen MR) is 75.0 cm³/mol. The van der Waals surface area contributed by atoms with Crippen molar-refractivity contribution in [1.29, 1.82) is 0 Å². The van der Waals surface area contributed by atoms with Crippen molar-refractivity contribution in [3.63, 3.8) is 0 Å². The van der Waals surface area contributed by atoms with Gasteiger partial charge in [0.1, 0.15) is 0 Å². The molecule has 1 saturated heterocycles. The maximum absolute atomic E-state index is 12.4. The minimum Gasteiger partial charge on any atom is -0.338 e. The highest BCUT2D eigenvalue weighted by Gasteiger charge is 2.33. The summed E-state index contributed by atoms with van der Waals surface area (Å²) in [6, 6.07) is 0.0121. The monoisotopic (exact) mass is 270 g/mol. The molecule has 3 amide bonds. The molecule has 1 rings (SSSR count). The van der Waals surface area contributed by atoms with Crippen molar-refractivity contribution in [2.75, 3.05) is 46.8 Å². The van der Waals surface area contributed by atoms with E-state index in [-0.39, 0.29) is 11.9 Å². The lowest BCUT2D eigenvalue weighted by atomic mass is 10.0. The number of nitrogens with zero attached hydrogens (tertiary/aromatic N) is 3. The summed E-state index contributed by atoms with van der Waals surface area (Å²) in [7, 11) is 3.49. The lowest BCUT2D eigenvalue weighted by molar-refractivity contribution is -0.138. The normalized spacial score (nSPS) is 16.5. The van der Waals surface area contributed by atoms with Crippen molar-refractivity contribution in [3.05, 3.63) is 0 Å². The van der Waals surface area contributed by atoms with Crippen LogP contribution in [-0.2, 0) is 4.79 Å². The Labute approximate surface area is 115 Å². The molecule has 0 radical (unpaired) electrons. The highest BCUT2D eigenvalue weighted by molar-refractivity contribution is 5.85. The van der Waals surface area contributed by atoms with Crippen LogP contribution in [-0.4, -0.2) is 79.0 Å². The van der Waals surface area contributed by atoms with E-state index >= 15 is 0 Å². The van der Waals surface area contributed by atoms with Gasteiger partial charge in [-0.3, -0.25) is 4.79 Å². The van der Waals surface area contributed by atoms with Crippen molar-refractivity contribution in [2.24, 2.45) is 0 Å². The first kappa shape index (κ1) is 15.8. The first-order chi connectivity index (χ1) is 8.79. The van der Waals surface area contributed by atoms with Crippen LogP contribution in [0.2, 0.25) is 0 Å². The van der Waals surface area contributed by atoms with Gasteiger partial charge in [0.05, 0.1) is 5.54 Å². The first-order valence-corrected chi connectivity index (χ1v) is 6.80. The molecule has 0 aromatic heterocycles. The van der Waals surface area contributed by atoms with Crippen molar-refractivity contribution in [1.82, 2.24) is 20.0 Å². The van der Waals surface area contributed by atoms with E-state index in [4.69, 9.17) is 0 Å². The first-order valence-electron chi connectivity index (χ1n) is 6.80. The molecule has 1 heterocycles. The number of hydrogen-bond donors (Lipinski definition) is 1. The Morgan fingerprint density at radius 2 is 1.58 bits per heavy atom. The van der Waals surface area contributed by atoms with Gasteiger partial charge in [-0.1, -0.05) is 6.92 Å². The molecule has 0 aliphatic carbocycles. The van der Waals surface area contributed by atoms with Gasteiger partial charge in [-0.25, -0.2) is 4.79 Å². The largest absolute Gasteiger partial charge is 0.338 e. The van der Waals surface area contributed by atoms with E-state index in [1.165, 1.54) is 0 Å². The average Bonchev–Trinajstić information content (AvgIpc) is 2.37. The molecule has 1 aliphatic rings. The van der Waals surface area contributed by atoms with Crippen molar-refractivity contribution in [2.45, 2.75) is 26.3 Å². The molecule has 6 nitrogen and oxygen atoms in total. The smallest absolute Gasteiger partial charge is 0.319 e. The summed E-state index contributed by atoms with van der Waals surface area (Å²) in [6.45, 7) is 8.96. The Morgan fingerprint density at radius 3 is 2.00 bits per heavy atom. The second-order valence-electron chi connectivity index (χ2n) is 5.61. The lowest BCUT2D eigenvalue weighted by Crippen LogP contribution is -2.59. The van der Waals surface area contributed by atoms with E-state index in [0.29, 0.717) is 26.2 Å². The van der Waals surface area contributed by atoms with Crippen LogP contribution in [0.25, 0.3) is 0 Å². The molecule has 0 aromatic rings. The topological polar surface area (TPSA) is 55.9 Å². The molecule has 6 heteroatoms. The van der Waals surface area contributed by atoms with Crippen LogP contribution >= 0.6 is 0 Å². The summed E-state index contributed by atoms with van der Waals surface area (Å²) in [5.74, 6) is 0.103. The molecular formula is C13H26N4O2. The van der Waals surface area contributed by atoms with Gasteiger partial charge in [0.25, 0.3) is 0 Å². The third kappa shape index (κ3) is 3.83. The summed E-state index contributed by atoms with van der Waals surface area (Å²) in [5, 5.41) is 3.19. The maximum atomic E-state index is 12.4.